The van der Waals surface area contributed by atoms with Gasteiger partial charge in [0.2, 0.25) is 0 Å². The first kappa shape index (κ1) is 9.47. The third kappa shape index (κ3) is 2.41. The van der Waals surface area contributed by atoms with Crippen LogP contribution in [-0.2, 0) is 9.53 Å². The number of hydrogen-bond donors (Lipinski definition) is 2. The standard InChI is InChI=1S/C8H11N3O2/c1-2-3-13-8(12)7(9)6-4-10-5-11-6/h2,4-5,7H,1,3,9H2,(H,10,11). The van der Waals surface area contributed by atoms with Crippen molar-refractivity contribution in [2.75, 3.05) is 6.61 Å². The summed E-state index contributed by atoms with van der Waals surface area (Å²) in [6.45, 7) is 3.58. The summed E-state index contributed by atoms with van der Waals surface area (Å²) in [7, 11) is 0. The Morgan fingerprint density at radius 3 is 3.23 bits per heavy atom. The van der Waals surface area contributed by atoms with Gasteiger partial charge in [-0.05, 0) is 0 Å². The highest BCUT2D eigenvalue weighted by Gasteiger charge is 2.17. The number of aromatic amines is 1. The fraction of sp³-hybridized carbons (Fsp3) is 0.250. The lowest BCUT2D eigenvalue weighted by Gasteiger charge is -2.07. The van der Waals surface area contributed by atoms with Gasteiger partial charge in [-0.15, -0.1) is 0 Å². The number of nitrogens with zero attached hydrogens (tertiary/aromatic N) is 1. The van der Waals surface area contributed by atoms with Crippen molar-refractivity contribution in [3.8, 4) is 0 Å². The number of nitrogens with two attached hydrogens (primary N) is 1. The largest absolute Gasteiger partial charge is 0.460 e. The van der Waals surface area contributed by atoms with E-state index in [1.165, 1.54) is 18.6 Å². The summed E-state index contributed by atoms with van der Waals surface area (Å²) in [6, 6.07) is -0.803. The Hall–Kier alpha value is -1.62. The molecule has 1 aromatic heterocycles. The van der Waals surface area contributed by atoms with Crippen LogP contribution in [0.4, 0.5) is 0 Å². The summed E-state index contributed by atoms with van der Waals surface area (Å²) in [4.78, 5) is 17.6. The van der Waals surface area contributed by atoms with E-state index in [-0.39, 0.29) is 6.61 Å². The van der Waals surface area contributed by atoms with Crippen LogP contribution in [0.1, 0.15) is 11.7 Å². The fourth-order valence-electron chi connectivity index (χ4n) is 0.795. The topological polar surface area (TPSA) is 81.0 Å². The minimum atomic E-state index is -0.803. The van der Waals surface area contributed by atoms with Gasteiger partial charge < -0.3 is 15.5 Å². The summed E-state index contributed by atoms with van der Waals surface area (Å²) in [5.74, 6) is -0.496. The van der Waals surface area contributed by atoms with Crippen LogP contribution in [0, 0.1) is 0 Å². The number of H-pyrrole nitrogens is 1. The van der Waals surface area contributed by atoms with Gasteiger partial charge in [-0.1, -0.05) is 12.7 Å². The molecule has 0 aliphatic heterocycles. The predicted molar refractivity (Wildman–Crippen MR) is 46.7 cm³/mol. The van der Waals surface area contributed by atoms with Gasteiger partial charge in [-0.2, -0.15) is 0 Å². The molecule has 0 spiro atoms. The van der Waals surface area contributed by atoms with E-state index >= 15 is 0 Å². The third-order valence-electron chi connectivity index (χ3n) is 1.45. The quantitative estimate of drug-likeness (QED) is 0.511. The average molecular weight is 181 g/mol. The number of esters is 1. The van der Waals surface area contributed by atoms with Gasteiger partial charge in [-0.3, -0.25) is 0 Å². The van der Waals surface area contributed by atoms with Crippen LogP contribution in [0.5, 0.6) is 0 Å². The molecule has 3 N–H and O–H groups in total. The number of hydrogen-bond acceptors (Lipinski definition) is 4. The number of nitrogens with one attached hydrogen (secondary N) is 1. The zero-order valence-electron chi connectivity index (χ0n) is 7.06. The molecule has 1 rings (SSSR count). The lowest BCUT2D eigenvalue weighted by Crippen LogP contribution is -2.24. The molecule has 1 atom stereocenters. The van der Waals surface area contributed by atoms with E-state index in [1.807, 2.05) is 0 Å². The van der Waals surface area contributed by atoms with Crippen molar-refractivity contribution >= 4 is 5.97 Å². The van der Waals surface area contributed by atoms with Gasteiger partial charge in [-0.25, -0.2) is 9.78 Å². The summed E-state index contributed by atoms with van der Waals surface area (Å²) in [6.07, 6.45) is 4.42. The molecule has 0 amide bonds. The van der Waals surface area contributed by atoms with E-state index in [0.717, 1.165) is 0 Å². The Kier molecular flexibility index (Phi) is 3.22. The maximum atomic E-state index is 11.2. The molecule has 5 heteroatoms. The molecule has 1 unspecified atom stereocenters. The van der Waals surface area contributed by atoms with Crippen molar-refractivity contribution in [2.24, 2.45) is 5.73 Å². The van der Waals surface area contributed by atoms with E-state index in [2.05, 4.69) is 16.5 Å². The highest BCUT2D eigenvalue weighted by atomic mass is 16.5. The van der Waals surface area contributed by atoms with Gasteiger partial charge in [0.25, 0.3) is 0 Å². The Balaban J connectivity index is 2.52. The lowest BCUT2D eigenvalue weighted by atomic mass is 10.2. The van der Waals surface area contributed by atoms with Crippen LogP contribution in [0.2, 0.25) is 0 Å². The van der Waals surface area contributed by atoms with E-state index in [4.69, 9.17) is 10.5 Å². The smallest absolute Gasteiger partial charge is 0.329 e. The molecule has 0 radical (unpaired) electrons. The van der Waals surface area contributed by atoms with Gasteiger partial charge in [0.05, 0.1) is 18.2 Å². The van der Waals surface area contributed by atoms with E-state index < -0.39 is 12.0 Å². The van der Waals surface area contributed by atoms with Crippen LogP contribution in [0.3, 0.4) is 0 Å². The van der Waals surface area contributed by atoms with Crippen molar-refractivity contribution < 1.29 is 9.53 Å². The number of carbonyl (C=O) groups is 1. The zero-order valence-corrected chi connectivity index (χ0v) is 7.06. The average Bonchev–Trinajstić information content (AvgIpc) is 2.65. The molecule has 0 fully saturated rings. The second kappa shape index (κ2) is 4.42. The molecular weight excluding hydrogens is 170 g/mol. The van der Waals surface area contributed by atoms with Crippen LogP contribution in [0.15, 0.2) is 25.2 Å². The van der Waals surface area contributed by atoms with Gasteiger partial charge >= 0.3 is 5.97 Å². The molecule has 1 heterocycles. The number of aromatic nitrogens is 2. The Morgan fingerprint density at radius 2 is 2.69 bits per heavy atom. The van der Waals surface area contributed by atoms with E-state index in [1.54, 1.807) is 0 Å². The minimum absolute atomic E-state index is 0.167. The van der Waals surface area contributed by atoms with Crippen molar-refractivity contribution in [3.05, 3.63) is 30.9 Å². The molecule has 5 nitrogen and oxygen atoms in total. The Morgan fingerprint density at radius 1 is 1.92 bits per heavy atom. The van der Waals surface area contributed by atoms with Crippen LogP contribution in [0.25, 0.3) is 0 Å². The Labute approximate surface area is 75.6 Å². The number of ether oxygens (including phenoxy) is 1. The maximum Gasteiger partial charge on any atom is 0.329 e. The highest BCUT2D eigenvalue weighted by molar-refractivity contribution is 5.76. The second-order valence-corrected chi connectivity index (χ2v) is 2.40. The summed E-state index contributed by atoms with van der Waals surface area (Å²) >= 11 is 0. The minimum Gasteiger partial charge on any atom is -0.460 e. The second-order valence-electron chi connectivity index (χ2n) is 2.40. The first-order valence-electron chi connectivity index (χ1n) is 3.77. The van der Waals surface area contributed by atoms with E-state index in [9.17, 15) is 4.79 Å². The molecule has 0 aromatic carbocycles. The number of imidazole rings is 1. The van der Waals surface area contributed by atoms with Crippen molar-refractivity contribution in [1.29, 1.82) is 0 Å². The molecule has 13 heavy (non-hydrogen) atoms. The van der Waals surface area contributed by atoms with Gasteiger partial charge in [0.1, 0.15) is 12.6 Å². The SMILES string of the molecule is C=CCOC(=O)C(N)c1cnc[nH]1. The summed E-state index contributed by atoms with van der Waals surface area (Å²) < 4.78 is 4.75. The summed E-state index contributed by atoms with van der Waals surface area (Å²) in [5, 5.41) is 0. The fourth-order valence-corrected chi connectivity index (χ4v) is 0.795. The monoisotopic (exact) mass is 181 g/mol. The zero-order chi connectivity index (χ0) is 9.68. The Bertz CT molecular complexity index is 282. The maximum absolute atomic E-state index is 11.2. The molecule has 0 saturated carbocycles. The van der Waals surface area contributed by atoms with Crippen molar-refractivity contribution in [1.82, 2.24) is 9.97 Å². The first-order valence-corrected chi connectivity index (χ1v) is 3.77. The normalized spacial score (nSPS) is 12.1. The molecular formula is C8H11N3O2. The predicted octanol–water partition coefficient (Wildman–Crippen LogP) is 0.139. The third-order valence-corrected chi connectivity index (χ3v) is 1.45. The molecule has 0 aliphatic carbocycles. The number of carbonyl (C=O) groups excluding carboxylic acids is 1. The van der Waals surface area contributed by atoms with E-state index in [0.29, 0.717) is 5.69 Å². The number of rotatable bonds is 4. The van der Waals surface area contributed by atoms with Crippen molar-refractivity contribution in [3.63, 3.8) is 0 Å². The lowest BCUT2D eigenvalue weighted by molar-refractivity contribution is -0.144. The van der Waals surface area contributed by atoms with Gasteiger partial charge in [0.15, 0.2) is 0 Å². The van der Waals surface area contributed by atoms with Crippen LogP contribution in [-0.4, -0.2) is 22.5 Å². The molecule has 70 valence electrons. The summed E-state index contributed by atoms with van der Waals surface area (Å²) in [5.41, 5.74) is 6.08. The van der Waals surface area contributed by atoms with Crippen LogP contribution >= 0.6 is 0 Å². The highest BCUT2D eigenvalue weighted by Crippen LogP contribution is 2.06. The molecule has 0 bridgehead atoms. The van der Waals surface area contributed by atoms with Gasteiger partial charge in [0, 0.05) is 0 Å². The van der Waals surface area contributed by atoms with Crippen LogP contribution < -0.4 is 5.73 Å². The first-order chi connectivity index (χ1) is 6.25. The molecule has 0 aliphatic rings. The molecule has 0 saturated heterocycles. The van der Waals surface area contributed by atoms with Crippen molar-refractivity contribution in [2.45, 2.75) is 6.04 Å². The molecule has 1 aromatic rings.